The summed E-state index contributed by atoms with van der Waals surface area (Å²) in [6.45, 7) is 5.93. The Kier molecular flexibility index (Phi) is 4.67. The van der Waals surface area contributed by atoms with Crippen LogP contribution in [0, 0.1) is 5.41 Å². The van der Waals surface area contributed by atoms with E-state index in [4.69, 9.17) is 0 Å². The van der Waals surface area contributed by atoms with Crippen LogP contribution in [0.2, 0.25) is 0 Å². The molecule has 1 aliphatic rings. The molecule has 1 unspecified atom stereocenters. The summed E-state index contributed by atoms with van der Waals surface area (Å²) in [6, 6.07) is 18.3. The molecule has 0 N–H and O–H groups in total. The Morgan fingerprint density at radius 2 is 1.40 bits per heavy atom. The minimum absolute atomic E-state index is 0.191. The van der Waals surface area contributed by atoms with Crippen LogP contribution in [-0.4, -0.2) is 5.52 Å². The van der Waals surface area contributed by atoms with E-state index in [2.05, 4.69) is 6.08 Å². The molecule has 2 aromatic rings. The Hall–Kier alpha value is -2.18. The van der Waals surface area contributed by atoms with E-state index in [1.165, 1.54) is 0 Å². The molecule has 0 aliphatic heterocycles. The lowest BCUT2D eigenvalue weighted by molar-refractivity contribution is -0.117. The van der Waals surface area contributed by atoms with Gasteiger partial charge in [-0.1, -0.05) is 84.0 Å². The van der Waals surface area contributed by atoms with Crippen molar-refractivity contribution in [1.82, 2.24) is 0 Å². The van der Waals surface area contributed by atoms with Gasteiger partial charge in [-0.25, -0.2) is 0 Å². The fraction of sp³-hybridized carbons (Fsp3) is 0.227. The summed E-state index contributed by atoms with van der Waals surface area (Å²) in [6.07, 6.45) is 4.67. The van der Waals surface area contributed by atoms with Crippen LogP contribution in [0.4, 0.5) is 0 Å². The predicted molar refractivity (Wildman–Crippen MR) is 105 cm³/mol. The van der Waals surface area contributed by atoms with Crippen molar-refractivity contribution in [2.75, 3.05) is 0 Å². The SMILES string of the molecule is CC1=CC(C)(C(=O)P(=O)(c2ccccc2)c2ccccc2)CC(C)=C1. The van der Waals surface area contributed by atoms with Gasteiger partial charge in [0.2, 0.25) is 12.7 Å². The summed E-state index contributed by atoms with van der Waals surface area (Å²) in [5.74, 6) is 0. The molecule has 3 heteroatoms. The summed E-state index contributed by atoms with van der Waals surface area (Å²) in [5, 5.41) is 1.20. The van der Waals surface area contributed by atoms with E-state index in [1.807, 2.05) is 63.2 Å². The number of carbonyl (C=O) groups excluding carboxylic acids is 1. The summed E-state index contributed by atoms with van der Waals surface area (Å²) in [4.78, 5) is 13.7. The van der Waals surface area contributed by atoms with Crippen LogP contribution in [0.25, 0.3) is 0 Å². The third-order valence-electron chi connectivity index (χ3n) is 4.68. The zero-order chi connectivity index (χ0) is 18.1. The normalized spacial score (nSPS) is 20.6. The molecule has 2 aromatic carbocycles. The van der Waals surface area contributed by atoms with Gasteiger partial charge >= 0.3 is 0 Å². The highest BCUT2D eigenvalue weighted by Gasteiger charge is 2.46. The van der Waals surface area contributed by atoms with Gasteiger partial charge in [-0.15, -0.1) is 0 Å². The van der Waals surface area contributed by atoms with Crippen LogP contribution in [-0.2, 0) is 9.36 Å². The molecule has 25 heavy (non-hydrogen) atoms. The maximum atomic E-state index is 14.2. The van der Waals surface area contributed by atoms with Gasteiger partial charge in [0.15, 0.2) is 0 Å². The van der Waals surface area contributed by atoms with E-state index in [9.17, 15) is 9.36 Å². The molecule has 0 fully saturated rings. The summed E-state index contributed by atoms with van der Waals surface area (Å²) >= 11 is 0. The van der Waals surface area contributed by atoms with E-state index in [0.29, 0.717) is 17.0 Å². The standard InChI is InChI=1S/C22H23O2P/c1-17-14-18(2)16-22(3,15-17)21(23)25(24,19-10-6-4-7-11-19)20-12-8-5-9-13-20/h4-15H,16H2,1-3H3. The minimum Gasteiger partial charge on any atom is -0.306 e. The molecule has 1 atom stereocenters. The Labute approximate surface area is 149 Å². The molecule has 1 aliphatic carbocycles. The molecule has 0 bridgehead atoms. The summed E-state index contributed by atoms with van der Waals surface area (Å²) in [7, 11) is -3.41. The zero-order valence-electron chi connectivity index (χ0n) is 14.9. The fourth-order valence-electron chi connectivity index (χ4n) is 3.77. The molecular weight excluding hydrogens is 327 g/mol. The van der Waals surface area contributed by atoms with Crippen molar-refractivity contribution in [2.45, 2.75) is 27.2 Å². The zero-order valence-corrected chi connectivity index (χ0v) is 15.8. The lowest BCUT2D eigenvalue weighted by Crippen LogP contribution is -2.34. The molecule has 0 heterocycles. The van der Waals surface area contributed by atoms with Crippen LogP contribution in [0.3, 0.4) is 0 Å². The first-order chi connectivity index (χ1) is 11.9. The third-order valence-corrected chi connectivity index (χ3v) is 7.81. The number of rotatable bonds is 4. The van der Waals surface area contributed by atoms with Crippen molar-refractivity contribution < 1.29 is 9.36 Å². The molecule has 0 aromatic heterocycles. The highest BCUT2D eigenvalue weighted by molar-refractivity contribution is 7.93. The van der Waals surface area contributed by atoms with Gasteiger partial charge in [0.25, 0.3) is 0 Å². The van der Waals surface area contributed by atoms with Crippen molar-refractivity contribution in [3.63, 3.8) is 0 Å². The smallest absolute Gasteiger partial charge is 0.210 e. The Balaban J connectivity index is 2.19. The highest BCUT2D eigenvalue weighted by Crippen LogP contribution is 2.53. The predicted octanol–water partition coefficient (Wildman–Crippen LogP) is 4.83. The third kappa shape index (κ3) is 3.19. The second-order valence-electron chi connectivity index (χ2n) is 7.06. The van der Waals surface area contributed by atoms with Gasteiger partial charge < -0.3 is 4.57 Å². The van der Waals surface area contributed by atoms with Crippen LogP contribution < -0.4 is 10.6 Å². The summed E-state index contributed by atoms with van der Waals surface area (Å²) < 4.78 is 14.2. The topological polar surface area (TPSA) is 34.1 Å². The Morgan fingerprint density at radius 3 is 1.84 bits per heavy atom. The van der Waals surface area contributed by atoms with Gasteiger partial charge in [0.1, 0.15) is 0 Å². The maximum absolute atomic E-state index is 14.2. The van der Waals surface area contributed by atoms with Gasteiger partial charge in [-0.2, -0.15) is 0 Å². The van der Waals surface area contributed by atoms with Gasteiger partial charge in [-0.05, 0) is 27.2 Å². The van der Waals surface area contributed by atoms with E-state index >= 15 is 0 Å². The molecule has 0 amide bonds. The van der Waals surface area contributed by atoms with Crippen LogP contribution >= 0.6 is 7.14 Å². The molecule has 0 spiro atoms. The Bertz CT molecular complexity index is 851. The number of hydrogen-bond acceptors (Lipinski definition) is 2. The first-order valence-corrected chi connectivity index (χ1v) is 10.2. The molecule has 0 radical (unpaired) electrons. The average Bonchev–Trinajstić information content (AvgIpc) is 2.60. The lowest BCUT2D eigenvalue weighted by atomic mass is 9.79. The fourth-order valence-corrected chi connectivity index (χ4v) is 6.58. The minimum atomic E-state index is -3.41. The first kappa shape index (κ1) is 17.6. The van der Waals surface area contributed by atoms with Gasteiger partial charge in [0, 0.05) is 10.6 Å². The molecule has 0 saturated heterocycles. The molecule has 128 valence electrons. The number of benzene rings is 2. The quantitative estimate of drug-likeness (QED) is 0.740. The van der Waals surface area contributed by atoms with E-state index in [-0.39, 0.29) is 5.52 Å². The van der Waals surface area contributed by atoms with Crippen molar-refractivity contribution in [3.8, 4) is 0 Å². The van der Waals surface area contributed by atoms with E-state index in [0.717, 1.165) is 11.1 Å². The monoisotopic (exact) mass is 350 g/mol. The van der Waals surface area contributed by atoms with E-state index < -0.39 is 12.6 Å². The first-order valence-electron chi connectivity index (χ1n) is 8.49. The Morgan fingerprint density at radius 1 is 0.920 bits per heavy atom. The van der Waals surface area contributed by atoms with Crippen molar-refractivity contribution >= 4 is 23.3 Å². The summed E-state index contributed by atoms with van der Waals surface area (Å²) in [5.41, 5.74) is 1.24. The average molecular weight is 350 g/mol. The molecule has 0 saturated carbocycles. The maximum Gasteiger partial charge on any atom is 0.210 e. The number of allylic oxidation sites excluding steroid dienone is 4. The van der Waals surface area contributed by atoms with E-state index in [1.54, 1.807) is 24.3 Å². The van der Waals surface area contributed by atoms with Crippen molar-refractivity contribution in [2.24, 2.45) is 5.41 Å². The molecule has 3 rings (SSSR count). The molecular formula is C22H23O2P. The second-order valence-corrected chi connectivity index (χ2v) is 9.72. The highest BCUT2D eigenvalue weighted by atomic mass is 31.2. The van der Waals surface area contributed by atoms with Crippen LogP contribution in [0.15, 0.2) is 84.0 Å². The van der Waals surface area contributed by atoms with Crippen molar-refractivity contribution in [1.29, 1.82) is 0 Å². The van der Waals surface area contributed by atoms with Crippen LogP contribution in [0.1, 0.15) is 27.2 Å². The van der Waals surface area contributed by atoms with Crippen molar-refractivity contribution in [3.05, 3.63) is 84.0 Å². The number of carbonyl (C=O) groups is 1. The lowest BCUT2D eigenvalue weighted by Gasteiger charge is -2.33. The number of hydrogen-bond donors (Lipinski definition) is 0. The van der Waals surface area contributed by atoms with Crippen LogP contribution in [0.5, 0.6) is 0 Å². The van der Waals surface area contributed by atoms with Gasteiger partial charge in [0.05, 0.1) is 5.41 Å². The largest absolute Gasteiger partial charge is 0.306 e. The second kappa shape index (κ2) is 6.61. The molecule has 2 nitrogen and oxygen atoms in total. The van der Waals surface area contributed by atoms with Gasteiger partial charge in [-0.3, -0.25) is 4.79 Å².